The first-order chi connectivity index (χ1) is 7.35. The zero-order valence-corrected chi connectivity index (χ0v) is 11.0. The normalized spacial score (nSPS) is 26.1. The summed E-state index contributed by atoms with van der Waals surface area (Å²) in [4.78, 5) is 0. The predicted molar refractivity (Wildman–Crippen MR) is 67.8 cm³/mol. The molecule has 0 spiro atoms. The summed E-state index contributed by atoms with van der Waals surface area (Å²) in [6.07, 6.45) is 12.0. The van der Waals surface area contributed by atoms with Crippen molar-refractivity contribution >= 4 is 0 Å². The van der Waals surface area contributed by atoms with Crippen molar-refractivity contribution in [1.29, 1.82) is 0 Å². The molecule has 2 aliphatic rings. The molecule has 0 aromatic heterocycles. The van der Waals surface area contributed by atoms with Gasteiger partial charge in [0.2, 0.25) is 0 Å². The Labute approximate surface area is 101 Å². The average molecular weight is 227 g/mol. The molecule has 0 atom stereocenters. The van der Waals surface area contributed by atoms with Gasteiger partial charge in [-0.15, -0.1) is 0 Å². The van der Waals surface area contributed by atoms with Crippen LogP contribution in [0.3, 0.4) is 0 Å². The van der Waals surface area contributed by atoms with E-state index in [2.05, 4.69) is 6.92 Å². The second kappa shape index (κ2) is 6.61. The van der Waals surface area contributed by atoms with Crippen LogP contribution in [-0.4, -0.2) is 36.1 Å². The molecule has 2 heteroatoms. The van der Waals surface area contributed by atoms with E-state index >= 15 is 0 Å². The summed E-state index contributed by atoms with van der Waals surface area (Å²) in [5.74, 6) is 1.07. The lowest BCUT2D eigenvalue weighted by Gasteiger charge is -2.43. The maximum Gasteiger partial charge on any atom is 0.0815 e. The minimum Gasteiger partial charge on any atom is -0.870 e. The standard InChI is InChI=1S/C14H28N.H2O/c1-2-15(11-7-4-8-12-15)13-14-9-5-3-6-10-14;/h14H,2-13H2,1H3;1H2/q+1;/p-1. The van der Waals surface area contributed by atoms with Crippen molar-refractivity contribution in [3.8, 4) is 0 Å². The van der Waals surface area contributed by atoms with Gasteiger partial charge in [0.15, 0.2) is 0 Å². The molecule has 1 saturated heterocycles. The van der Waals surface area contributed by atoms with E-state index in [0.717, 1.165) is 5.92 Å². The van der Waals surface area contributed by atoms with Gasteiger partial charge < -0.3 is 9.96 Å². The van der Waals surface area contributed by atoms with Crippen LogP contribution in [0.15, 0.2) is 0 Å². The van der Waals surface area contributed by atoms with Crippen LogP contribution in [0.1, 0.15) is 58.3 Å². The fraction of sp³-hybridized carbons (Fsp3) is 1.00. The second-order valence-electron chi connectivity index (χ2n) is 5.85. The summed E-state index contributed by atoms with van der Waals surface area (Å²) in [5.41, 5.74) is 0. The molecule has 1 aliphatic carbocycles. The van der Waals surface area contributed by atoms with Crippen molar-refractivity contribution in [2.45, 2.75) is 58.3 Å². The van der Waals surface area contributed by atoms with Crippen molar-refractivity contribution in [3.63, 3.8) is 0 Å². The van der Waals surface area contributed by atoms with E-state index in [9.17, 15) is 0 Å². The fourth-order valence-electron chi connectivity index (χ4n) is 3.73. The average Bonchev–Trinajstić information content (AvgIpc) is 2.32. The molecule has 96 valence electrons. The van der Waals surface area contributed by atoms with Crippen molar-refractivity contribution in [2.24, 2.45) is 5.92 Å². The van der Waals surface area contributed by atoms with E-state index < -0.39 is 0 Å². The van der Waals surface area contributed by atoms with Gasteiger partial charge in [-0.2, -0.15) is 0 Å². The molecule has 0 radical (unpaired) electrons. The highest BCUT2D eigenvalue weighted by Gasteiger charge is 2.31. The van der Waals surface area contributed by atoms with E-state index in [1.165, 1.54) is 82.0 Å². The van der Waals surface area contributed by atoms with Gasteiger partial charge >= 0.3 is 0 Å². The molecule has 1 saturated carbocycles. The fourth-order valence-corrected chi connectivity index (χ4v) is 3.73. The van der Waals surface area contributed by atoms with Crippen LogP contribution < -0.4 is 0 Å². The number of likely N-dealkylation sites (tertiary alicyclic amines) is 1. The summed E-state index contributed by atoms with van der Waals surface area (Å²) in [5, 5.41) is 0. The topological polar surface area (TPSA) is 30.0 Å². The Morgan fingerprint density at radius 2 is 1.44 bits per heavy atom. The van der Waals surface area contributed by atoms with Crippen LogP contribution in [0, 0.1) is 5.92 Å². The minimum atomic E-state index is 0. The number of quaternary nitrogens is 1. The van der Waals surface area contributed by atoms with Gasteiger partial charge in [-0.05, 0) is 39.0 Å². The molecule has 1 aliphatic heterocycles. The van der Waals surface area contributed by atoms with Crippen LogP contribution in [0.5, 0.6) is 0 Å². The molecule has 2 nitrogen and oxygen atoms in total. The van der Waals surface area contributed by atoms with Crippen LogP contribution in [0.2, 0.25) is 0 Å². The molecule has 0 amide bonds. The van der Waals surface area contributed by atoms with E-state index in [4.69, 9.17) is 0 Å². The van der Waals surface area contributed by atoms with Gasteiger partial charge in [-0.3, -0.25) is 0 Å². The van der Waals surface area contributed by atoms with Crippen LogP contribution in [0.4, 0.5) is 0 Å². The third-order valence-corrected chi connectivity index (χ3v) is 4.81. The number of nitrogens with zero attached hydrogens (tertiary/aromatic N) is 1. The van der Waals surface area contributed by atoms with Gasteiger partial charge in [-0.1, -0.05) is 19.3 Å². The quantitative estimate of drug-likeness (QED) is 0.679. The van der Waals surface area contributed by atoms with Crippen LogP contribution in [0.25, 0.3) is 0 Å². The van der Waals surface area contributed by atoms with Gasteiger partial charge in [0.1, 0.15) is 0 Å². The number of hydrogen-bond acceptors (Lipinski definition) is 1. The Bertz CT molecular complexity index is 181. The first-order valence-corrected chi connectivity index (χ1v) is 7.20. The Kier molecular flexibility index (Phi) is 5.77. The summed E-state index contributed by atoms with van der Waals surface area (Å²) in [7, 11) is 0. The SMILES string of the molecule is CC[N+]1(CC2CCCCC2)CCCCC1.[OH-]. The van der Waals surface area contributed by atoms with Gasteiger partial charge in [-0.25, -0.2) is 0 Å². The molecule has 2 rings (SSSR count). The molecule has 0 unspecified atom stereocenters. The van der Waals surface area contributed by atoms with Crippen molar-refractivity contribution in [2.75, 3.05) is 26.2 Å². The number of piperidine rings is 1. The maximum absolute atomic E-state index is 2.41. The summed E-state index contributed by atoms with van der Waals surface area (Å²) in [6, 6.07) is 0. The molecule has 1 heterocycles. The van der Waals surface area contributed by atoms with Crippen molar-refractivity contribution < 1.29 is 9.96 Å². The number of rotatable bonds is 3. The van der Waals surface area contributed by atoms with E-state index in [1.54, 1.807) is 0 Å². The summed E-state index contributed by atoms with van der Waals surface area (Å²) >= 11 is 0. The zero-order chi connectivity index (χ0) is 10.6. The van der Waals surface area contributed by atoms with Crippen molar-refractivity contribution in [1.82, 2.24) is 0 Å². The predicted octanol–water partition coefficient (Wildman–Crippen LogP) is 3.41. The Morgan fingerprint density at radius 3 is 2.00 bits per heavy atom. The molecule has 0 bridgehead atoms. The Morgan fingerprint density at radius 1 is 0.875 bits per heavy atom. The third kappa shape index (κ3) is 3.46. The summed E-state index contributed by atoms with van der Waals surface area (Å²) < 4.78 is 1.46. The molecular weight excluding hydrogens is 198 g/mol. The van der Waals surface area contributed by atoms with Crippen LogP contribution in [-0.2, 0) is 0 Å². The highest BCUT2D eigenvalue weighted by Crippen LogP contribution is 2.29. The maximum atomic E-state index is 2.41. The molecule has 0 aromatic rings. The van der Waals surface area contributed by atoms with Gasteiger partial charge in [0.05, 0.1) is 26.2 Å². The lowest BCUT2D eigenvalue weighted by Crippen LogP contribution is -2.53. The number of hydrogen-bond donors (Lipinski definition) is 0. The molecule has 2 fully saturated rings. The second-order valence-corrected chi connectivity index (χ2v) is 5.85. The first kappa shape index (κ1) is 14.0. The van der Waals surface area contributed by atoms with E-state index in [0.29, 0.717) is 0 Å². The molecule has 16 heavy (non-hydrogen) atoms. The highest BCUT2D eigenvalue weighted by molar-refractivity contribution is 4.67. The first-order valence-electron chi connectivity index (χ1n) is 7.20. The minimum absolute atomic E-state index is 0. The van der Waals surface area contributed by atoms with Crippen LogP contribution >= 0.6 is 0 Å². The molecule has 0 aromatic carbocycles. The summed E-state index contributed by atoms with van der Waals surface area (Å²) in [6.45, 7) is 8.27. The monoisotopic (exact) mass is 227 g/mol. The highest BCUT2D eigenvalue weighted by atomic mass is 16.0. The van der Waals surface area contributed by atoms with Gasteiger partial charge in [0.25, 0.3) is 0 Å². The largest absolute Gasteiger partial charge is 0.870 e. The van der Waals surface area contributed by atoms with E-state index in [-0.39, 0.29) is 5.48 Å². The lowest BCUT2D eigenvalue weighted by atomic mass is 9.87. The lowest BCUT2D eigenvalue weighted by molar-refractivity contribution is -0.934. The molecule has 1 N–H and O–H groups in total. The van der Waals surface area contributed by atoms with Gasteiger partial charge in [0, 0.05) is 5.92 Å². The Hall–Kier alpha value is -0.0800. The third-order valence-electron chi connectivity index (χ3n) is 4.81. The molecular formula is C14H29NO. The Balaban J connectivity index is 0.00000128. The smallest absolute Gasteiger partial charge is 0.0815 e. The van der Waals surface area contributed by atoms with Crippen molar-refractivity contribution in [3.05, 3.63) is 0 Å². The van der Waals surface area contributed by atoms with E-state index in [1.807, 2.05) is 0 Å². The zero-order valence-electron chi connectivity index (χ0n) is 11.0.